The van der Waals surface area contributed by atoms with Gasteiger partial charge in [-0.25, -0.2) is 4.98 Å². The predicted octanol–water partition coefficient (Wildman–Crippen LogP) is 1.92. The molecule has 2 rings (SSSR count). The van der Waals surface area contributed by atoms with Crippen LogP contribution in [0.25, 0.3) is 0 Å². The highest BCUT2D eigenvalue weighted by atomic mass is 79.9. The number of hydrogen-bond acceptors (Lipinski definition) is 4. The molecule has 0 fully saturated rings. The van der Waals surface area contributed by atoms with E-state index in [2.05, 4.69) is 36.5 Å². The molecule has 2 amide bonds. The number of aromatic nitrogens is 2. The van der Waals surface area contributed by atoms with Gasteiger partial charge < -0.3 is 10.6 Å². The molecule has 0 unspecified atom stereocenters. The number of carbonyl (C=O) groups is 2. The molecule has 0 atom stereocenters. The van der Waals surface area contributed by atoms with E-state index in [-0.39, 0.29) is 18.1 Å². The Morgan fingerprint density at radius 3 is 2.76 bits per heavy atom. The fraction of sp³-hybridized carbons (Fsp3) is 0.143. The maximum absolute atomic E-state index is 11.8. The normalized spacial score (nSPS) is 10.0. The van der Waals surface area contributed by atoms with Crippen molar-refractivity contribution in [3.8, 4) is 0 Å². The smallest absolute Gasteiger partial charge is 0.271 e. The van der Waals surface area contributed by atoms with Crippen LogP contribution in [0.15, 0.2) is 41.3 Å². The Bertz CT molecular complexity index is 661. The molecule has 0 aliphatic carbocycles. The van der Waals surface area contributed by atoms with E-state index in [1.165, 1.54) is 18.6 Å². The predicted molar refractivity (Wildman–Crippen MR) is 81.9 cm³/mol. The van der Waals surface area contributed by atoms with Crippen molar-refractivity contribution in [2.45, 2.75) is 6.92 Å². The zero-order valence-electron chi connectivity index (χ0n) is 11.3. The lowest BCUT2D eigenvalue weighted by molar-refractivity contribution is -0.115. The molecule has 6 nitrogen and oxygen atoms in total. The fourth-order valence-electron chi connectivity index (χ4n) is 1.63. The number of amides is 2. The zero-order chi connectivity index (χ0) is 15.2. The molecule has 108 valence electrons. The monoisotopic (exact) mass is 348 g/mol. The molecule has 0 saturated heterocycles. The molecule has 21 heavy (non-hydrogen) atoms. The summed E-state index contributed by atoms with van der Waals surface area (Å²) in [4.78, 5) is 31.2. The van der Waals surface area contributed by atoms with E-state index in [1.807, 2.05) is 19.1 Å². The van der Waals surface area contributed by atoms with E-state index in [0.29, 0.717) is 5.69 Å². The molecule has 7 heteroatoms. The van der Waals surface area contributed by atoms with E-state index in [9.17, 15) is 9.59 Å². The highest BCUT2D eigenvalue weighted by Crippen LogP contribution is 2.19. The van der Waals surface area contributed by atoms with Gasteiger partial charge in [-0.3, -0.25) is 14.6 Å². The molecular weight excluding hydrogens is 336 g/mol. The first kappa shape index (κ1) is 15.1. The summed E-state index contributed by atoms with van der Waals surface area (Å²) >= 11 is 3.36. The topological polar surface area (TPSA) is 84.0 Å². The Morgan fingerprint density at radius 2 is 2.10 bits per heavy atom. The van der Waals surface area contributed by atoms with Crippen LogP contribution in [0.3, 0.4) is 0 Å². The van der Waals surface area contributed by atoms with Gasteiger partial charge in [-0.15, -0.1) is 0 Å². The van der Waals surface area contributed by atoms with Crippen molar-refractivity contribution in [2.24, 2.45) is 0 Å². The summed E-state index contributed by atoms with van der Waals surface area (Å²) < 4.78 is 0.939. The zero-order valence-corrected chi connectivity index (χ0v) is 12.8. The van der Waals surface area contributed by atoms with Crippen LogP contribution in [-0.4, -0.2) is 28.3 Å². The summed E-state index contributed by atoms with van der Waals surface area (Å²) in [6.07, 6.45) is 4.23. The number of anilines is 1. The lowest BCUT2D eigenvalue weighted by atomic mass is 10.2. The lowest BCUT2D eigenvalue weighted by Gasteiger charge is -2.09. The minimum atomic E-state index is -0.439. The molecule has 1 aromatic carbocycles. The molecule has 2 aromatic rings. The van der Waals surface area contributed by atoms with Crippen molar-refractivity contribution in [3.63, 3.8) is 0 Å². The fourth-order valence-corrected chi connectivity index (χ4v) is 2.10. The number of benzene rings is 1. The van der Waals surface area contributed by atoms with Crippen LogP contribution in [-0.2, 0) is 4.79 Å². The van der Waals surface area contributed by atoms with Crippen LogP contribution >= 0.6 is 15.9 Å². The van der Waals surface area contributed by atoms with Gasteiger partial charge >= 0.3 is 0 Å². The molecule has 1 aromatic heterocycles. The Morgan fingerprint density at radius 1 is 1.29 bits per heavy atom. The van der Waals surface area contributed by atoms with Crippen molar-refractivity contribution in [2.75, 3.05) is 11.9 Å². The maximum Gasteiger partial charge on any atom is 0.271 e. The van der Waals surface area contributed by atoms with Crippen LogP contribution < -0.4 is 10.6 Å². The van der Waals surface area contributed by atoms with Crippen molar-refractivity contribution in [1.82, 2.24) is 15.3 Å². The number of rotatable bonds is 4. The Balaban J connectivity index is 1.89. The van der Waals surface area contributed by atoms with Gasteiger partial charge in [-0.1, -0.05) is 15.9 Å². The Hall–Kier alpha value is -2.28. The molecule has 2 N–H and O–H groups in total. The third kappa shape index (κ3) is 4.35. The van der Waals surface area contributed by atoms with Gasteiger partial charge in [0.15, 0.2) is 0 Å². The van der Waals surface area contributed by atoms with E-state index in [1.54, 1.807) is 6.07 Å². The number of hydrogen-bond donors (Lipinski definition) is 2. The second-order valence-electron chi connectivity index (χ2n) is 4.28. The van der Waals surface area contributed by atoms with Gasteiger partial charge in [0.1, 0.15) is 5.69 Å². The highest BCUT2D eigenvalue weighted by Gasteiger charge is 2.10. The average molecular weight is 349 g/mol. The molecule has 0 aliphatic rings. The van der Waals surface area contributed by atoms with Crippen LogP contribution in [0.5, 0.6) is 0 Å². The molecule has 1 heterocycles. The highest BCUT2D eigenvalue weighted by molar-refractivity contribution is 9.10. The van der Waals surface area contributed by atoms with Crippen LogP contribution in [0.2, 0.25) is 0 Å². The van der Waals surface area contributed by atoms with E-state index < -0.39 is 5.91 Å². The van der Waals surface area contributed by atoms with Gasteiger partial charge in [0.05, 0.1) is 12.7 Å². The van der Waals surface area contributed by atoms with Crippen molar-refractivity contribution in [3.05, 3.63) is 52.5 Å². The minimum absolute atomic E-state index is 0.134. The summed E-state index contributed by atoms with van der Waals surface area (Å²) in [5, 5.41) is 5.22. The molecule has 0 aliphatic heterocycles. The Kier molecular flexibility index (Phi) is 4.99. The van der Waals surface area contributed by atoms with Crippen LogP contribution in [0.4, 0.5) is 5.69 Å². The average Bonchev–Trinajstić information content (AvgIpc) is 2.48. The maximum atomic E-state index is 11.8. The van der Waals surface area contributed by atoms with E-state index in [4.69, 9.17) is 0 Å². The third-order valence-corrected chi connectivity index (χ3v) is 3.16. The first-order valence-corrected chi connectivity index (χ1v) is 6.96. The molecule has 0 saturated carbocycles. The van der Waals surface area contributed by atoms with Gasteiger partial charge in [0.2, 0.25) is 5.91 Å². The first-order valence-electron chi connectivity index (χ1n) is 6.16. The molecule has 0 radical (unpaired) electrons. The lowest BCUT2D eigenvalue weighted by Crippen LogP contribution is -2.33. The Labute approximate surface area is 130 Å². The quantitative estimate of drug-likeness (QED) is 0.883. The van der Waals surface area contributed by atoms with Crippen molar-refractivity contribution >= 4 is 33.4 Å². The molecule has 0 bridgehead atoms. The molecular formula is C14H13BrN4O2. The minimum Gasteiger partial charge on any atom is -0.342 e. The summed E-state index contributed by atoms with van der Waals surface area (Å²) in [6, 6.07) is 5.52. The van der Waals surface area contributed by atoms with E-state index in [0.717, 1.165) is 10.0 Å². The van der Waals surface area contributed by atoms with Gasteiger partial charge in [-0.2, -0.15) is 0 Å². The number of nitrogens with one attached hydrogen (secondary N) is 2. The summed E-state index contributed by atoms with van der Waals surface area (Å²) in [5.41, 5.74) is 1.81. The van der Waals surface area contributed by atoms with Crippen molar-refractivity contribution in [1.29, 1.82) is 0 Å². The van der Waals surface area contributed by atoms with E-state index >= 15 is 0 Å². The van der Waals surface area contributed by atoms with Crippen molar-refractivity contribution < 1.29 is 9.59 Å². The van der Waals surface area contributed by atoms with Crippen LogP contribution in [0.1, 0.15) is 16.1 Å². The largest absolute Gasteiger partial charge is 0.342 e. The second kappa shape index (κ2) is 6.94. The third-order valence-electron chi connectivity index (χ3n) is 2.67. The van der Waals surface area contributed by atoms with Crippen LogP contribution in [0, 0.1) is 6.92 Å². The number of carbonyl (C=O) groups excluding carboxylic acids is 2. The summed E-state index contributed by atoms with van der Waals surface area (Å²) in [5.74, 6) is -0.747. The first-order chi connectivity index (χ1) is 10.1. The standard InChI is InChI=1S/C14H13BrN4O2/c1-9-6-10(15)2-3-11(9)19-13(20)8-18-14(21)12-7-16-4-5-17-12/h2-7H,8H2,1H3,(H,18,21)(H,19,20). The summed E-state index contributed by atoms with van der Waals surface area (Å²) in [6.45, 7) is 1.75. The van der Waals surface area contributed by atoms with Gasteiger partial charge in [-0.05, 0) is 30.7 Å². The molecule has 0 spiro atoms. The second-order valence-corrected chi connectivity index (χ2v) is 5.20. The number of aryl methyl sites for hydroxylation is 1. The SMILES string of the molecule is Cc1cc(Br)ccc1NC(=O)CNC(=O)c1cnccn1. The number of halogens is 1. The summed E-state index contributed by atoms with van der Waals surface area (Å²) in [7, 11) is 0. The number of nitrogens with zero attached hydrogens (tertiary/aromatic N) is 2. The van der Waals surface area contributed by atoms with Gasteiger partial charge in [0, 0.05) is 22.6 Å². The van der Waals surface area contributed by atoms with Gasteiger partial charge in [0.25, 0.3) is 5.91 Å².